The minimum Gasteiger partial charge on any atom is -0.490 e. The van der Waals surface area contributed by atoms with Crippen molar-refractivity contribution in [1.82, 2.24) is 9.66 Å². The van der Waals surface area contributed by atoms with Gasteiger partial charge in [-0.15, -0.1) is 0 Å². The lowest BCUT2D eigenvalue weighted by Crippen LogP contribution is -2.23. The first-order chi connectivity index (χ1) is 14.7. The molecular weight excluding hydrogens is 464 g/mol. The maximum absolute atomic E-state index is 13.2. The van der Waals surface area contributed by atoms with Gasteiger partial charge in [0.2, 0.25) is 0 Å². The largest absolute Gasteiger partial charge is 0.490 e. The van der Waals surface area contributed by atoms with Gasteiger partial charge in [-0.3, -0.25) is 14.9 Å². The summed E-state index contributed by atoms with van der Waals surface area (Å²) < 4.78 is 7.79. The summed E-state index contributed by atoms with van der Waals surface area (Å²) in [7, 11) is 0. The third-order valence-electron chi connectivity index (χ3n) is 4.77. The number of aromatic nitrogens is 2. The van der Waals surface area contributed by atoms with E-state index in [-0.39, 0.29) is 23.3 Å². The molecule has 0 aliphatic heterocycles. The molecule has 9 heteroatoms. The smallest absolute Gasteiger partial charge is 0.282 e. The summed E-state index contributed by atoms with van der Waals surface area (Å²) in [6.07, 6.45) is 2.04. The molecule has 31 heavy (non-hydrogen) atoms. The molecule has 0 N–H and O–H groups in total. The Balaban J connectivity index is 2.20. The number of non-ortho nitro benzene ring substituents is 1. The summed E-state index contributed by atoms with van der Waals surface area (Å²) in [5.74, 6) is 0.948. The van der Waals surface area contributed by atoms with Crippen LogP contribution in [-0.4, -0.2) is 26.9 Å². The lowest BCUT2D eigenvalue weighted by atomic mass is 10.1. The first-order valence-corrected chi connectivity index (χ1v) is 10.7. The molecule has 0 aliphatic carbocycles. The van der Waals surface area contributed by atoms with Crippen LogP contribution >= 0.6 is 15.9 Å². The number of fused-ring (bicyclic) bond motifs is 1. The highest BCUT2D eigenvalue weighted by Crippen LogP contribution is 2.25. The van der Waals surface area contributed by atoms with Crippen molar-refractivity contribution in [2.24, 2.45) is 5.10 Å². The molecule has 0 saturated carbocycles. The molecule has 3 aromatic rings. The van der Waals surface area contributed by atoms with Crippen LogP contribution in [0.2, 0.25) is 0 Å². The predicted molar refractivity (Wildman–Crippen MR) is 124 cm³/mol. The molecule has 0 unspecified atom stereocenters. The highest BCUT2D eigenvalue weighted by atomic mass is 79.9. The summed E-state index contributed by atoms with van der Waals surface area (Å²) in [5, 5.41) is 16.0. The molecule has 1 aromatic heterocycles. The van der Waals surface area contributed by atoms with Crippen LogP contribution in [0, 0.1) is 10.1 Å². The van der Waals surface area contributed by atoms with Crippen LogP contribution in [0.5, 0.6) is 5.75 Å². The number of hydrogen-bond acceptors (Lipinski definition) is 6. The van der Waals surface area contributed by atoms with Gasteiger partial charge in [0.05, 0.1) is 28.1 Å². The Bertz CT molecular complexity index is 1220. The van der Waals surface area contributed by atoms with Gasteiger partial charge >= 0.3 is 0 Å². The van der Waals surface area contributed by atoms with Crippen LogP contribution < -0.4 is 10.3 Å². The number of ether oxygens (including phenoxy) is 1. The minimum atomic E-state index is -0.484. The van der Waals surface area contributed by atoms with Gasteiger partial charge in [-0.2, -0.15) is 9.78 Å². The van der Waals surface area contributed by atoms with E-state index in [1.807, 2.05) is 33.8 Å². The molecule has 0 spiro atoms. The van der Waals surface area contributed by atoms with E-state index in [1.54, 1.807) is 12.1 Å². The van der Waals surface area contributed by atoms with Gasteiger partial charge in [0, 0.05) is 28.1 Å². The zero-order valence-electron chi connectivity index (χ0n) is 17.7. The van der Waals surface area contributed by atoms with Gasteiger partial charge in [0.1, 0.15) is 11.6 Å². The molecule has 1 heterocycles. The fraction of sp³-hybridized carbons (Fsp3) is 0.318. The fourth-order valence-electron chi connectivity index (χ4n) is 3.01. The van der Waals surface area contributed by atoms with Crippen LogP contribution in [-0.2, 0) is 0 Å². The van der Waals surface area contributed by atoms with Gasteiger partial charge in [0.15, 0.2) is 0 Å². The zero-order chi connectivity index (χ0) is 22.7. The second-order valence-corrected chi connectivity index (χ2v) is 8.36. The summed E-state index contributed by atoms with van der Waals surface area (Å²) >= 11 is 3.39. The number of nitro groups is 1. The van der Waals surface area contributed by atoms with Crippen molar-refractivity contribution < 1.29 is 9.66 Å². The Labute approximate surface area is 187 Å². The highest BCUT2D eigenvalue weighted by Gasteiger charge is 2.17. The lowest BCUT2D eigenvalue weighted by Gasteiger charge is -2.15. The number of halogens is 1. The molecule has 1 atom stereocenters. The average molecular weight is 487 g/mol. The topological polar surface area (TPSA) is 99.6 Å². The predicted octanol–water partition coefficient (Wildman–Crippen LogP) is 5.25. The van der Waals surface area contributed by atoms with Crippen molar-refractivity contribution in [3.8, 4) is 5.75 Å². The van der Waals surface area contributed by atoms with Crippen molar-refractivity contribution in [2.75, 3.05) is 0 Å². The van der Waals surface area contributed by atoms with Crippen molar-refractivity contribution in [3.05, 3.63) is 72.7 Å². The average Bonchev–Trinajstić information content (AvgIpc) is 2.73. The van der Waals surface area contributed by atoms with Crippen LogP contribution in [0.3, 0.4) is 0 Å². The third kappa shape index (κ3) is 4.99. The van der Waals surface area contributed by atoms with E-state index in [2.05, 4.69) is 26.0 Å². The number of rotatable bonds is 7. The van der Waals surface area contributed by atoms with E-state index >= 15 is 0 Å². The van der Waals surface area contributed by atoms with Gasteiger partial charge in [-0.25, -0.2) is 4.98 Å². The number of nitro benzene ring substituents is 1. The maximum atomic E-state index is 13.2. The van der Waals surface area contributed by atoms with Gasteiger partial charge in [-0.05, 0) is 44.5 Å². The first kappa shape index (κ1) is 22.6. The highest BCUT2D eigenvalue weighted by molar-refractivity contribution is 9.10. The van der Waals surface area contributed by atoms with Crippen LogP contribution in [0.15, 0.2) is 50.8 Å². The second-order valence-electron chi connectivity index (χ2n) is 7.45. The number of hydrogen-bond donors (Lipinski definition) is 0. The lowest BCUT2D eigenvalue weighted by molar-refractivity contribution is -0.384. The normalized spacial score (nSPS) is 12.6. The summed E-state index contributed by atoms with van der Waals surface area (Å²) in [6, 6.07) is 9.61. The van der Waals surface area contributed by atoms with Crippen molar-refractivity contribution in [1.29, 1.82) is 0 Å². The van der Waals surface area contributed by atoms with E-state index < -0.39 is 4.92 Å². The number of benzene rings is 2. The van der Waals surface area contributed by atoms with Crippen LogP contribution in [0.4, 0.5) is 5.69 Å². The van der Waals surface area contributed by atoms with Crippen molar-refractivity contribution in [2.45, 2.75) is 46.1 Å². The van der Waals surface area contributed by atoms with E-state index in [0.29, 0.717) is 28.0 Å². The Morgan fingerprint density at radius 3 is 2.65 bits per heavy atom. The molecule has 2 aromatic carbocycles. The van der Waals surface area contributed by atoms with E-state index in [1.165, 1.54) is 29.1 Å². The van der Waals surface area contributed by atoms with Crippen LogP contribution in [0.25, 0.3) is 10.9 Å². The molecule has 0 saturated heterocycles. The summed E-state index contributed by atoms with van der Waals surface area (Å²) in [5.41, 5.74) is 0.593. The van der Waals surface area contributed by atoms with Crippen molar-refractivity contribution >= 4 is 38.7 Å². The fourth-order valence-corrected chi connectivity index (χ4v) is 3.37. The monoisotopic (exact) mass is 486 g/mol. The summed E-state index contributed by atoms with van der Waals surface area (Å²) in [6.45, 7) is 7.70. The third-order valence-corrected chi connectivity index (χ3v) is 5.26. The molecule has 3 rings (SSSR count). The Morgan fingerprint density at radius 2 is 2.00 bits per heavy atom. The van der Waals surface area contributed by atoms with E-state index in [9.17, 15) is 14.9 Å². The molecular formula is C22H23BrN4O4. The molecule has 0 bridgehead atoms. The van der Waals surface area contributed by atoms with Crippen molar-refractivity contribution in [3.63, 3.8) is 0 Å². The Kier molecular flexibility index (Phi) is 6.84. The standard InChI is InChI=1S/C22H23BrN4O4/c1-5-14(4)21-25-19-8-6-16(23)11-18(19)22(28)26(21)24-12-15-10-17(27(29)30)7-9-20(15)31-13(2)3/h6-14H,5H2,1-4H3/t14-/m1/s1. The molecule has 162 valence electrons. The first-order valence-electron chi connectivity index (χ1n) is 9.93. The van der Waals surface area contributed by atoms with Gasteiger partial charge in [0.25, 0.3) is 11.2 Å². The second kappa shape index (κ2) is 9.38. The zero-order valence-corrected chi connectivity index (χ0v) is 19.3. The van der Waals surface area contributed by atoms with E-state index in [0.717, 1.165) is 10.9 Å². The molecule has 0 radical (unpaired) electrons. The molecule has 0 aliphatic rings. The Morgan fingerprint density at radius 1 is 1.26 bits per heavy atom. The number of nitrogens with zero attached hydrogens (tertiary/aromatic N) is 4. The van der Waals surface area contributed by atoms with E-state index in [4.69, 9.17) is 4.74 Å². The SMILES string of the molecule is CC[C@@H](C)c1nc2ccc(Br)cc2c(=O)n1N=Cc1cc([N+](=O)[O-])ccc1OC(C)C. The molecule has 8 nitrogen and oxygen atoms in total. The van der Waals surface area contributed by atoms with Crippen LogP contribution in [0.1, 0.15) is 51.4 Å². The maximum Gasteiger partial charge on any atom is 0.282 e. The Hall–Kier alpha value is -3.07. The molecule has 0 fully saturated rings. The summed E-state index contributed by atoms with van der Waals surface area (Å²) in [4.78, 5) is 28.6. The quantitative estimate of drug-likeness (QED) is 0.258. The minimum absolute atomic E-state index is 0.0191. The molecule has 0 amide bonds. The van der Waals surface area contributed by atoms with Gasteiger partial charge < -0.3 is 4.74 Å². The van der Waals surface area contributed by atoms with Gasteiger partial charge in [-0.1, -0.05) is 29.8 Å².